The lowest BCUT2D eigenvalue weighted by Crippen LogP contribution is -2.55. The molecular formula is C22H32N6O5. The van der Waals surface area contributed by atoms with E-state index < -0.39 is 48.4 Å². The van der Waals surface area contributed by atoms with Crippen LogP contribution >= 0.6 is 0 Å². The van der Waals surface area contributed by atoms with Gasteiger partial charge in [-0.25, -0.2) is 0 Å². The number of hydrogen-bond donors (Lipinski definition) is 7. The van der Waals surface area contributed by atoms with Crippen LogP contribution in [-0.2, 0) is 25.6 Å². The number of fused-ring (bicyclic) bond motifs is 1. The summed E-state index contributed by atoms with van der Waals surface area (Å²) in [5, 5.41) is 17.0. The van der Waals surface area contributed by atoms with E-state index in [1.54, 1.807) is 6.20 Å². The monoisotopic (exact) mass is 460 g/mol. The fraction of sp³-hybridized carbons (Fsp3) is 0.455. The molecule has 0 fully saturated rings. The summed E-state index contributed by atoms with van der Waals surface area (Å²) < 4.78 is 0. The lowest BCUT2D eigenvalue weighted by molar-refractivity contribution is -0.138. The Morgan fingerprint density at radius 2 is 1.79 bits per heavy atom. The van der Waals surface area contributed by atoms with Crippen LogP contribution in [0.5, 0.6) is 0 Å². The van der Waals surface area contributed by atoms with Gasteiger partial charge in [0.25, 0.3) is 0 Å². The third-order valence-electron chi connectivity index (χ3n) is 5.20. The number of rotatable bonds is 13. The lowest BCUT2D eigenvalue weighted by atomic mass is 10.0. The van der Waals surface area contributed by atoms with Gasteiger partial charge in [0.15, 0.2) is 0 Å². The minimum absolute atomic E-state index is 0.279. The smallest absolute Gasteiger partial charge is 0.322 e. The second kappa shape index (κ2) is 12.6. The largest absolute Gasteiger partial charge is 0.480 e. The number of aromatic amines is 1. The molecule has 11 nitrogen and oxygen atoms in total. The molecule has 3 unspecified atom stereocenters. The lowest BCUT2D eigenvalue weighted by Gasteiger charge is -2.22. The maximum Gasteiger partial charge on any atom is 0.322 e. The quantitative estimate of drug-likeness (QED) is 0.193. The zero-order valence-electron chi connectivity index (χ0n) is 18.6. The van der Waals surface area contributed by atoms with Gasteiger partial charge in [-0.15, -0.1) is 0 Å². The summed E-state index contributed by atoms with van der Waals surface area (Å²) in [5.41, 5.74) is 13.5. The average Bonchev–Trinajstić information content (AvgIpc) is 3.19. The molecule has 3 atom stereocenters. The van der Waals surface area contributed by atoms with Crippen molar-refractivity contribution in [2.24, 2.45) is 11.5 Å². The molecule has 180 valence electrons. The van der Waals surface area contributed by atoms with Crippen LogP contribution in [0.4, 0.5) is 0 Å². The van der Waals surface area contributed by atoms with Gasteiger partial charge < -0.3 is 37.5 Å². The highest BCUT2D eigenvalue weighted by atomic mass is 16.4. The Kier molecular flexibility index (Phi) is 9.83. The van der Waals surface area contributed by atoms with E-state index in [0.717, 1.165) is 16.5 Å². The van der Waals surface area contributed by atoms with Crippen molar-refractivity contribution in [1.82, 2.24) is 20.9 Å². The van der Waals surface area contributed by atoms with Gasteiger partial charge in [0, 0.05) is 17.1 Å². The molecule has 9 N–H and O–H groups in total. The van der Waals surface area contributed by atoms with Gasteiger partial charge in [-0.05, 0) is 50.8 Å². The Morgan fingerprint density at radius 3 is 2.48 bits per heavy atom. The molecule has 1 aromatic carbocycles. The molecule has 33 heavy (non-hydrogen) atoms. The number of amides is 3. The number of benzene rings is 1. The Balaban J connectivity index is 2.00. The molecule has 11 heteroatoms. The zero-order chi connectivity index (χ0) is 24.4. The average molecular weight is 461 g/mol. The van der Waals surface area contributed by atoms with Crippen molar-refractivity contribution in [3.8, 4) is 0 Å². The highest BCUT2D eigenvalue weighted by molar-refractivity contribution is 5.93. The van der Waals surface area contributed by atoms with Crippen LogP contribution < -0.4 is 27.4 Å². The number of aliphatic carboxylic acids is 1. The number of carbonyl (C=O) groups excluding carboxylic acids is 3. The summed E-state index contributed by atoms with van der Waals surface area (Å²) in [4.78, 5) is 51.2. The van der Waals surface area contributed by atoms with Crippen molar-refractivity contribution in [2.45, 2.75) is 50.7 Å². The number of nitrogens with two attached hydrogens (primary N) is 2. The van der Waals surface area contributed by atoms with Crippen molar-refractivity contribution in [2.75, 3.05) is 13.1 Å². The number of para-hydroxylation sites is 1. The Hall–Kier alpha value is -3.44. The van der Waals surface area contributed by atoms with E-state index in [0.29, 0.717) is 25.8 Å². The summed E-state index contributed by atoms with van der Waals surface area (Å²) in [6.07, 6.45) is 3.65. The van der Waals surface area contributed by atoms with Crippen LogP contribution in [0.1, 0.15) is 31.7 Å². The second-order valence-electron chi connectivity index (χ2n) is 7.86. The van der Waals surface area contributed by atoms with Crippen molar-refractivity contribution in [1.29, 1.82) is 0 Å². The molecular weight excluding hydrogens is 428 g/mol. The first-order valence-corrected chi connectivity index (χ1v) is 10.8. The van der Waals surface area contributed by atoms with Gasteiger partial charge in [0.1, 0.15) is 18.6 Å². The minimum Gasteiger partial charge on any atom is -0.480 e. The maximum atomic E-state index is 12.8. The SMILES string of the molecule is CC(NC(=O)C(CCCCN)NC(=O)C(N)Cc1c[nH]c2ccccc12)C(=O)NCC(=O)O. The van der Waals surface area contributed by atoms with Gasteiger partial charge in [0.2, 0.25) is 17.7 Å². The number of carboxylic acids is 1. The Morgan fingerprint density at radius 1 is 1.06 bits per heavy atom. The number of carboxylic acid groups (broad SMARTS) is 1. The molecule has 0 saturated heterocycles. The van der Waals surface area contributed by atoms with Crippen LogP contribution in [0.15, 0.2) is 30.5 Å². The number of nitrogens with one attached hydrogen (secondary N) is 4. The Labute approximate surface area is 191 Å². The minimum atomic E-state index is -1.20. The van der Waals surface area contributed by atoms with E-state index in [4.69, 9.17) is 16.6 Å². The van der Waals surface area contributed by atoms with Crippen LogP contribution in [0.25, 0.3) is 10.9 Å². The topological polar surface area (TPSA) is 192 Å². The van der Waals surface area contributed by atoms with Crippen molar-refractivity contribution < 1.29 is 24.3 Å². The molecule has 0 bridgehead atoms. The van der Waals surface area contributed by atoms with E-state index in [1.807, 2.05) is 24.3 Å². The standard InChI is InChI=1S/C22H32N6O5/c1-13(20(31)26-12-19(29)30)27-22(33)18(8-4-5-9-23)28-21(32)16(24)10-14-11-25-17-7-3-2-6-15(14)17/h2-3,6-7,11,13,16,18,25H,4-5,8-10,12,23-24H2,1H3,(H,26,31)(H,27,33)(H,28,32)(H,29,30). The molecule has 0 spiro atoms. The van der Waals surface area contributed by atoms with Crippen molar-refractivity contribution in [3.05, 3.63) is 36.0 Å². The summed E-state index contributed by atoms with van der Waals surface area (Å²) in [5.74, 6) is -2.89. The second-order valence-corrected chi connectivity index (χ2v) is 7.86. The predicted molar refractivity (Wildman–Crippen MR) is 123 cm³/mol. The van der Waals surface area contributed by atoms with Crippen LogP contribution in [0.2, 0.25) is 0 Å². The molecule has 1 heterocycles. The van der Waals surface area contributed by atoms with Crippen molar-refractivity contribution in [3.63, 3.8) is 0 Å². The van der Waals surface area contributed by atoms with E-state index >= 15 is 0 Å². The number of aromatic nitrogens is 1. The molecule has 2 rings (SSSR count). The van der Waals surface area contributed by atoms with Gasteiger partial charge in [0.05, 0.1) is 6.04 Å². The molecule has 3 amide bonds. The highest BCUT2D eigenvalue weighted by Crippen LogP contribution is 2.18. The molecule has 0 aliphatic rings. The van der Waals surface area contributed by atoms with E-state index in [9.17, 15) is 19.2 Å². The van der Waals surface area contributed by atoms with Gasteiger partial charge in [-0.2, -0.15) is 0 Å². The predicted octanol–water partition coefficient (Wildman–Crippen LogP) is -0.643. The fourth-order valence-electron chi connectivity index (χ4n) is 3.37. The fourth-order valence-corrected chi connectivity index (χ4v) is 3.37. The first-order chi connectivity index (χ1) is 15.7. The highest BCUT2D eigenvalue weighted by Gasteiger charge is 2.26. The summed E-state index contributed by atoms with van der Waals surface area (Å²) >= 11 is 0. The van der Waals surface area contributed by atoms with Crippen LogP contribution in [0, 0.1) is 0 Å². The van der Waals surface area contributed by atoms with E-state index in [-0.39, 0.29) is 6.42 Å². The normalized spacial score (nSPS) is 13.7. The first-order valence-electron chi connectivity index (χ1n) is 10.8. The summed E-state index contributed by atoms with van der Waals surface area (Å²) in [7, 11) is 0. The zero-order valence-corrected chi connectivity index (χ0v) is 18.6. The van der Waals surface area contributed by atoms with Gasteiger partial charge >= 0.3 is 5.97 Å². The first kappa shape index (κ1) is 25.8. The molecule has 0 radical (unpaired) electrons. The third-order valence-corrected chi connectivity index (χ3v) is 5.20. The molecule has 0 aliphatic carbocycles. The molecule has 0 aliphatic heterocycles. The van der Waals surface area contributed by atoms with Gasteiger partial charge in [-0.1, -0.05) is 18.2 Å². The van der Waals surface area contributed by atoms with E-state index in [2.05, 4.69) is 20.9 Å². The number of unbranched alkanes of at least 4 members (excludes halogenated alkanes) is 1. The number of H-pyrrole nitrogens is 1. The molecule has 1 aromatic heterocycles. The van der Waals surface area contributed by atoms with Crippen molar-refractivity contribution >= 4 is 34.6 Å². The van der Waals surface area contributed by atoms with Crippen LogP contribution in [0.3, 0.4) is 0 Å². The molecule has 0 saturated carbocycles. The van der Waals surface area contributed by atoms with Crippen LogP contribution in [-0.4, -0.2) is 65.0 Å². The number of carbonyl (C=O) groups is 4. The summed E-state index contributed by atoms with van der Waals surface area (Å²) in [6.45, 7) is 1.31. The van der Waals surface area contributed by atoms with E-state index in [1.165, 1.54) is 6.92 Å². The maximum absolute atomic E-state index is 12.8. The Bertz CT molecular complexity index is 975. The summed E-state index contributed by atoms with van der Waals surface area (Å²) in [6, 6.07) is 4.89. The third kappa shape index (κ3) is 7.88. The van der Waals surface area contributed by atoms with Gasteiger partial charge in [-0.3, -0.25) is 19.2 Å². The number of hydrogen-bond acceptors (Lipinski definition) is 6. The molecule has 2 aromatic rings.